The average molecular weight is 280 g/mol. The second-order valence-electron chi connectivity index (χ2n) is 6.50. The Bertz CT molecular complexity index is 473. The van der Waals surface area contributed by atoms with Crippen molar-refractivity contribution >= 4 is 14.3 Å². The van der Waals surface area contributed by atoms with Crippen LogP contribution < -0.4 is 0 Å². The second kappa shape index (κ2) is 5.47. The summed E-state index contributed by atoms with van der Waals surface area (Å²) in [6.07, 6.45) is 0. The molecule has 0 amide bonds. The lowest BCUT2D eigenvalue weighted by Crippen LogP contribution is -2.40. The van der Waals surface area contributed by atoms with Crippen LogP contribution in [0.3, 0.4) is 0 Å². The minimum absolute atomic E-state index is 0.160. The minimum Gasteiger partial charge on any atom is -0.478 e. The van der Waals surface area contributed by atoms with Crippen LogP contribution in [0.2, 0.25) is 18.1 Å². The molecule has 0 fully saturated rings. The van der Waals surface area contributed by atoms with Crippen LogP contribution in [0.25, 0.3) is 0 Å². The summed E-state index contributed by atoms with van der Waals surface area (Å²) in [7, 11) is -1.79. The van der Waals surface area contributed by atoms with E-state index >= 15 is 0 Å². The molecule has 3 nitrogen and oxygen atoms in total. The minimum atomic E-state index is -1.79. The van der Waals surface area contributed by atoms with Crippen molar-refractivity contribution in [1.82, 2.24) is 0 Å². The van der Waals surface area contributed by atoms with E-state index in [2.05, 4.69) is 33.9 Å². The summed E-state index contributed by atoms with van der Waals surface area (Å²) in [5, 5.41) is 9.28. The van der Waals surface area contributed by atoms with Crippen LogP contribution in [0.1, 0.15) is 42.3 Å². The lowest BCUT2D eigenvalue weighted by atomic mass is 10.1. The van der Waals surface area contributed by atoms with E-state index in [4.69, 9.17) is 9.53 Å². The van der Waals surface area contributed by atoms with E-state index in [9.17, 15) is 4.79 Å². The SMILES string of the molecule is Cc1ccc(CO[Si](C)(C)C(C)(C)C)cc1C(=O)O. The highest BCUT2D eigenvalue weighted by atomic mass is 28.4. The number of hydrogen-bond acceptors (Lipinski definition) is 2. The van der Waals surface area contributed by atoms with Gasteiger partial charge in [-0.2, -0.15) is 0 Å². The molecule has 19 heavy (non-hydrogen) atoms. The molecule has 0 aliphatic carbocycles. The van der Waals surface area contributed by atoms with Gasteiger partial charge in [-0.15, -0.1) is 0 Å². The van der Waals surface area contributed by atoms with Crippen LogP contribution in [-0.4, -0.2) is 19.4 Å². The number of hydrogen-bond donors (Lipinski definition) is 1. The maximum atomic E-state index is 11.1. The maximum absolute atomic E-state index is 11.1. The third-order valence-electron chi connectivity index (χ3n) is 3.94. The van der Waals surface area contributed by atoms with Gasteiger partial charge in [0, 0.05) is 0 Å². The van der Waals surface area contributed by atoms with Crippen molar-refractivity contribution < 1.29 is 14.3 Å². The van der Waals surface area contributed by atoms with Crippen molar-refractivity contribution in [3.8, 4) is 0 Å². The number of aryl methyl sites for hydroxylation is 1. The van der Waals surface area contributed by atoms with Gasteiger partial charge in [-0.3, -0.25) is 0 Å². The molecule has 106 valence electrons. The molecule has 4 heteroatoms. The Morgan fingerprint density at radius 3 is 2.37 bits per heavy atom. The largest absolute Gasteiger partial charge is 0.478 e. The molecule has 0 aromatic heterocycles. The fourth-order valence-corrected chi connectivity index (χ4v) is 2.43. The fraction of sp³-hybridized carbons (Fsp3) is 0.533. The number of carboxylic acids is 1. The van der Waals surface area contributed by atoms with Crippen LogP contribution in [0.5, 0.6) is 0 Å². The number of carbonyl (C=O) groups is 1. The molecule has 0 bridgehead atoms. The smallest absolute Gasteiger partial charge is 0.335 e. The Labute approximate surface area is 116 Å². The predicted octanol–water partition coefficient (Wildman–Crippen LogP) is 4.22. The van der Waals surface area contributed by atoms with Gasteiger partial charge < -0.3 is 9.53 Å². The molecule has 0 atom stereocenters. The predicted molar refractivity (Wildman–Crippen MR) is 80.1 cm³/mol. The Hall–Kier alpha value is -1.13. The molecule has 1 rings (SSSR count). The number of rotatable bonds is 4. The highest BCUT2D eigenvalue weighted by molar-refractivity contribution is 6.74. The molecule has 1 aromatic carbocycles. The first-order valence-electron chi connectivity index (χ1n) is 6.51. The van der Waals surface area contributed by atoms with Crippen molar-refractivity contribution in [3.63, 3.8) is 0 Å². The molecule has 0 saturated carbocycles. The lowest BCUT2D eigenvalue weighted by molar-refractivity contribution is 0.0696. The van der Waals surface area contributed by atoms with Crippen LogP contribution in [0, 0.1) is 6.92 Å². The molecule has 0 unspecified atom stereocenters. The zero-order valence-corrected chi connectivity index (χ0v) is 13.7. The van der Waals surface area contributed by atoms with E-state index in [1.807, 2.05) is 19.1 Å². The van der Waals surface area contributed by atoms with Gasteiger partial charge in [0.05, 0.1) is 12.2 Å². The Kier molecular flexibility index (Phi) is 4.58. The molecule has 0 heterocycles. The first-order valence-corrected chi connectivity index (χ1v) is 9.42. The van der Waals surface area contributed by atoms with E-state index < -0.39 is 14.3 Å². The fourth-order valence-electron chi connectivity index (χ4n) is 1.47. The van der Waals surface area contributed by atoms with Crippen LogP contribution in [-0.2, 0) is 11.0 Å². The summed E-state index contributed by atoms with van der Waals surface area (Å²) in [6.45, 7) is 13.3. The summed E-state index contributed by atoms with van der Waals surface area (Å²) in [5.41, 5.74) is 2.06. The monoisotopic (exact) mass is 280 g/mol. The van der Waals surface area contributed by atoms with Gasteiger partial charge >= 0.3 is 5.97 Å². The quantitative estimate of drug-likeness (QED) is 0.840. The summed E-state index contributed by atoms with van der Waals surface area (Å²) >= 11 is 0. The molecular weight excluding hydrogens is 256 g/mol. The lowest BCUT2D eigenvalue weighted by Gasteiger charge is -2.36. The number of aromatic carboxylic acids is 1. The topological polar surface area (TPSA) is 46.5 Å². The summed E-state index contributed by atoms with van der Waals surface area (Å²) in [4.78, 5) is 11.1. The van der Waals surface area contributed by atoms with Crippen LogP contribution in [0.15, 0.2) is 18.2 Å². The third kappa shape index (κ3) is 3.91. The Balaban J connectivity index is 2.85. The number of benzene rings is 1. The van der Waals surface area contributed by atoms with Crippen molar-refractivity contribution in [2.75, 3.05) is 0 Å². The maximum Gasteiger partial charge on any atom is 0.335 e. The molecule has 1 N–H and O–H groups in total. The van der Waals surface area contributed by atoms with Gasteiger partial charge in [0.25, 0.3) is 0 Å². The molecule has 0 aliphatic heterocycles. The van der Waals surface area contributed by atoms with Gasteiger partial charge in [-0.1, -0.05) is 32.9 Å². The zero-order valence-electron chi connectivity index (χ0n) is 12.7. The van der Waals surface area contributed by atoms with E-state index in [-0.39, 0.29) is 5.04 Å². The first kappa shape index (κ1) is 15.9. The van der Waals surface area contributed by atoms with Crippen LogP contribution in [0.4, 0.5) is 0 Å². The molecule has 0 saturated heterocycles. The van der Waals surface area contributed by atoms with Gasteiger partial charge in [0.15, 0.2) is 8.32 Å². The molecule has 0 radical (unpaired) electrons. The summed E-state index contributed by atoms with van der Waals surface area (Å²) < 4.78 is 6.10. The summed E-state index contributed by atoms with van der Waals surface area (Å²) in [5.74, 6) is -0.883. The molecule has 0 aliphatic rings. The van der Waals surface area contributed by atoms with Gasteiger partial charge in [-0.05, 0) is 42.2 Å². The van der Waals surface area contributed by atoms with E-state index in [0.29, 0.717) is 12.2 Å². The average Bonchev–Trinajstić information content (AvgIpc) is 2.26. The second-order valence-corrected chi connectivity index (χ2v) is 11.3. The normalized spacial score (nSPS) is 12.5. The highest BCUT2D eigenvalue weighted by Crippen LogP contribution is 2.37. The standard InChI is InChI=1S/C15H24O3Si/c1-11-7-8-12(9-13(11)14(16)17)10-18-19(5,6)15(2,3)4/h7-9H,10H2,1-6H3,(H,16,17). The van der Waals surface area contributed by atoms with Gasteiger partial charge in [0.1, 0.15) is 0 Å². The van der Waals surface area contributed by atoms with Gasteiger partial charge in [0.2, 0.25) is 0 Å². The summed E-state index contributed by atoms with van der Waals surface area (Å²) in [6, 6.07) is 5.49. The van der Waals surface area contributed by atoms with Crippen LogP contribution >= 0.6 is 0 Å². The molecular formula is C15H24O3Si. The third-order valence-corrected chi connectivity index (χ3v) is 8.42. The Morgan fingerprint density at radius 2 is 1.89 bits per heavy atom. The van der Waals surface area contributed by atoms with E-state index in [1.165, 1.54) is 0 Å². The van der Waals surface area contributed by atoms with Gasteiger partial charge in [-0.25, -0.2) is 4.79 Å². The van der Waals surface area contributed by atoms with Crippen molar-refractivity contribution in [3.05, 3.63) is 34.9 Å². The van der Waals surface area contributed by atoms with Crippen molar-refractivity contribution in [2.24, 2.45) is 0 Å². The number of carboxylic acid groups (broad SMARTS) is 1. The highest BCUT2D eigenvalue weighted by Gasteiger charge is 2.37. The van der Waals surface area contributed by atoms with E-state index in [1.54, 1.807) is 6.07 Å². The molecule has 0 spiro atoms. The zero-order chi connectivity index (χ0) is 14.8. The first-order chi connectivity index (χ1) is 8.54. The Morgan fingerprint density at radius 1 is 1.32 bits per heavy atom. The van der Waals surface area contributed by atoms with E-state index in [0.717, 1.165) is 11.1 Å². The molecule has 1 aromatic rings. The van der Waals surface area contributed by atoms with Crippen molar-refractivity contribution in [1.29, 1.82) is 0 Å². The van der Waals surface area contributed by atoms with Crippen molar-refractivity contribution in [2.45, 2.75) is 52.4 Å².